The van der Waals surface area contributed by atoms with E-state index in [0.717, 1.165) is 18.9 Å². The van der Waals surface area contributed by atoms with Gasteiger partial charge in [-0.25, -0.2) is 0 Å². The molecule has 1 aliphatic carbocycles. The van der Waals surface area contributed by atoms with Gasteiger partial charge in [0.25, 0.3) is 0 Å². The molecule has 0 amide bonds. The van der Waals surface area contributed by atoms with Crippen LogP contribution in [0.4, 0.5) is 0 Å². The maximum atomic E-state index is 3.60. The van der Waals surface area contributed by atoms with E-state index in [-0.39, 0.29) is 0 Å². The summed E-state index contributed by atoms with van der Waals surface area (Å²) in [4.78, 5) is 0. The third kappa shape index (κ3) is 4.89. The van der Waals surface area contributed by atoms with Crippen LogP contribution >= 0.6 is 23.1 Å². The van der Waals surface area contributed by atoms with Crippen LogP contribution in [0.25, 0.3) is 0 Å². The predicted molar refractivity (Wildman–Crippen MR) is 75.5 cm³/mol. The van der Waals surface area contributed by atoms with Gasteiger partial charge in [-0.3, -0.25) is 0 Å². The molecule has 0 spiro atoms. The molecule has 1 aromatic heterocycles. The molecule has 16 heavy (non-hydrogen) atoms. The number of hydrogen-bond acceptors (Lipinski definition) is 3. The fourth-order valence-corrected chi connectivity index (χ4v) is 3.52. The zero-order chi connectivity index (χ0) is 11.2. The highest BCUT2D eigenvalue weighted by atomic mass is 32.2. The summed E-state index contributed by atoms with van der Waals surface area (Å²) in [7, 11) is 0. The van der Waals surface area contributed by atoms with Gasteiger partial charge in [-0.1, -0.05) is 0 Å². The molecule has 1 fully saturated rings. The molecule has 1 unspecified atom stereocenters. The number of hydrogen-bond donors (Lipinski definition) is 1. The first kappa shape index (κ1) is 12.5. The smallest absolute Gasteiger partial charge is 0.00797 e. The fourth-order valence-electron chi connectivity index (χ4n) is 1.75. The van der Waals surface area contributed by atoms with Gasteiger partial charge in [-0.15, -0.1) is 0 Å². The summed E-state index contributed by atoms with van der Waals surface area (Å²) >= 11 is 3.91. The lowest BCUT2D eigenvalue weighted by Crippen LogP contribution is -2.29. The van der Waals surface area contributed by atoms with E-state index in [4.69, 9.17) is 0 Å². The van der Waals surface area contributed by atoms with Crippen molar-refractivity contribution < 1.29 is 0 Å². The quantitative estimate of drug-likeness (QED) is 0.714. The third-order valence-corrected chi connectivity index (χ3v) is 4.84. The zero-order valence-electron chi connectivity index (χ0n) is 9.95. The maximum absolute atomic E-state index is 3.60. The summed E-state index contributed by atoms with van der Waals surface area (Å²) < 4.78 is 0. The highest BCUT2D eigenvalue weighted by Crippen LogP contribution is 2.32. The van der Waals surface area contributed by atoms with E-state index < -0.39 is 0 Å². The molecule has 2 rings (SSSR count). The first-order valence-electron chi connectivity index (χ1n) is 6.17. The molecule has 0 saturated heterocycles. The fraction of sp³-hybridized carbons (Fsp3) is 0.692. The van der Waals surface area contributed by atoms with Crippen LogP contribution in [0.2, 0.25) is 0 Å². The van der Waals surface area contributed by atoms with E-state index in [9.17, 15) is 0 Å². The molecule has 1 aliphatic rings. The van der Waals surface area contributed by atoms with E-state index in [2.05, 4.69) is 40.8 Å². The summed E-state index contributed by atoms with van der Waals surface area (Å²) in [5, 5.41) is 8.01. The Labute approximate surface area is 107 Å². The molecule has 0 aromatic carbocycles. The van der Waals surface area contributed by atoms with Gasteiger partial charge >= 0.3 is 0 Å². The van der Waals surface area contributed by atoms with Gasteiger partial charge in [0.2, 0.25) is 0 Å². The van der Waals surface area contributed by atoms with E-state index in [1.165, 1.54) is 29.9 Å². The molecule has 0 aliphatic heterocycles. The Hall–Kier alpha value is 0.01000. The van der Waals surface area contributed by atoms with Crippen LogP contribution in [-0.2, 0) is 6.42 Å². The molecular weight excluding hydrogens is 234 g/mol. The van der Waals surface area contributed by atoms with Crippen LogP contribution in [-0.4, -0.2) is 24.1 Å². The third-order valence-electron chi connectivity index (χ3n) is 2.91. The second-order valence-corrected chi connectivity index (χ2v) is 6.64. The highest BCUT2D eigenvalue weighted by Gasteiger charge is 2.20. The molecule has 1 N–H and O–H groups in total. The summed E-state index contributed by atoms with van der Waals surface area (Å²) in [5.74, 6) is 3.72. The number of thiophene rings is 1. The van der Waals surface area contributed by atoms with Crippen LogP contribution in [0, 0.1) is 5.92 Å². The highest BCUT2D eigenvalue weighted by molar-refractivity contribution is 7.99. The molecule has 0 radical (unpaired) electrons. The monoisotopic (exact) mass is 255 g/mol. The Morgan fingerprint density at radius 2 is 2.44 bits per heavy atom. The van der Waals surface area contributed by atoms with E-state index in [1.54, 1.807) is 11.3 Å². The molecule has 1 heterocycles. The summed E-state index contributed by atoms with van der Waals surface area (Å²) in [6, 6.07) is 2.83. The SMILES string of the molecule is CC(Cc1ccsc1)NCCSCC1CC1. The van der Waals surface area contributed by atoms with Gasteiger partial charge in [0.05, 0.1) is 0 Å². The molecule has 1 atom stereocenters. The van der Waals surface area contributed by atoms with Crippen LogP contribution in [0.15, 0.2) is 16.8 Å². The predicted octanol–water partition coefficient (Wildman–Crippen LogP) is 3.41. The Morgan fingerprint density at radius 3 is 3.12 bits per heavy atom. The normalized spacial score (nSPS) is 17.6. The largest absolute Gasteiger partial charge is 0.313 e. The molecular formula is C13H21NS2. The molecule has 1 nitrogen and oxygen atoms in total. The Kier molecular flexibility index (Phi) is 5.20. The van der Waals surface area contributed by atoms with E-state index in [1.807, 2.05) is 0 Å². The van der Waals surface area contributed by atoms with Crippen molar-refractivity contribution in [2.75, 3.05) is 18.1 Å². The van der Waals surface area contributed by atoms with E-state index >= 15 is 0 Å². The molecule has 0 bridgehead atoms. The first-order valence-corrected chi connectivity index (χ1v) is 8.26. The van der Waals surface area contributed by atoms with Crippen molar-refractivity contribution in [3.63, 3.8) is 0 Å². The van der Waals surface area contributed by atoms with Crippen molar-refractivity contribution in [2.24, 2.45) is 5.92 Å². The molecule has 1 aromatic rings. The molecule has 3 heteroatoms. The second-order valence-electron chi connectivity index (χ2n) is 4.71. The van der Waals surface area contributed by atoms with Gasteiger partial charge in [0, 0.05) is 18.3 Å². The van der Waals surface area contributed by atoms with E-state index in [0.29, 0.717) is 6.04 Å². The minimum atomic E-state index is 0.608. The Bertz CT molecular complexity index is 280. The summed E-state index contributed by atoms with van der Waals surface area (Å²) in [6.45, 7) is 3.44. The summed E-state index contributed by atoms with van der Waals surface area (Å²) in [5.41, 5.74) is 1.47. The lowest BCUT2D eigenvalue weighted by molar-refractivity contribution is 0.568. The minimum absolute atomic E-state index is 0.608. The van der Waals surface area contributed by atoms with Gasteiger partial charge in [-0.05, 0) is 60.2 Å². The number of rotatable bonds is 8. The standard InChI is InChI=1S/C13H21NS2/c1-11(8-13-4-6-15-10-13)14-5-7-16-9-12-2-3-12/h4,6,10-12,14H,2-3,5,7-9H2,1H3. The van der Waals surface area contributed by atoms with Crippen LogP contribution in [0.5, 0.6) is 0 Å². The minimum Gasteiger partial charge on any atom is -0.313 e. The number of nitrogens with one attached hydrogen (secondary N) is 1. The first-order chi connectivity index (χ1) is 7.84. The average Bonchev–Trinajstić information content (AvgIpc) is 2.95. The molecule has 90 valence electrons. The van der Waals surface area contributed by atoms with Crippen molar-refractivity contribution in [3.8, 4) is 0 Å². The lowest BCUT2D eigenvalue weighted by Gasteiger charge is -2.12. The van der Waals surface area contributed by atoms with Gasteiger partial charge in [0.1, 0.15) is 0 Å². The van der Waals surface area contributed by atoms with Crippen molar-refractivity contribution >= 4 is 23.1 Å². The van der Waals surface area contributed by atoms with Crippen molar-refractivity contribution in [1.82, 2.24) is 5.32 Å². The van der Waals surface area contributed by atoms with Crippen LogP contribution < -0.4 is 5.32 Å². The Balaban J connectivity index is 1.48. The van der Waals surface area contributed by atoms with Gasteiger partial charge in [-0.2, -0.15) is 23.1 Å². The zero-order valence-corrected chi connectivity index (χ0v) is 11.6. The lowest BCUT2D eigenvalue weighted by atomic mass is 10.1. The van der Waals surface area contributed by atoms with Crippen LogP contribution in [0.3, 0.4) is 0 Å². The average molecular weight is 255 g/mol. The Morgan fingerprint density at radius 1 is 1.56 bits per heavy atom. The van der Waals surface area contributed by atoms with Crippen molar-refractivity contribution in [3.05, 3.63) is 22.4 Å². The number of thioether (sulfide) groups is 1. The molecule has 1 saturated carbocycles. The second kappa shape index (κ2) is 6.67. The maximum Gasteiger partial charge on any atom is 0.00797 e. The van der Waals surface area contributed by atoms with Crippen molar-refractivity contribution in [1.29, 1.82) is 0 Å². The van der Waals surface area contributed by atoms with Gasteiger partial charge < -0.3 is 5.32 Å². The van der Waals surface area contributed by atoms with Crippen molar-refractivity contribution in [2.45, 2.75) is 32.2 Å². The topological polar surface area (TPSA) is 12.0 Å². The van der Waals surface area contributed by atoms with Crippen LogP contribution in [0.1, 0.15) is 25.3 Å². The van der Waals surface area contributed by atoms with Gasteiger partial charge in [0.15, 0.2) is 0 Å². The summed E-state index contributed by atoms with van der Waals surface area (Å²) in [6.07, 6.45) is 4.13.